The van der Waals surface area contributed by atoms with E-state index in [-0.39, 0.29) is 5.78 Å². The van der Waals surface area contributed by atoms with Crippen molar-refractivity contribution in [1.82, 2.24) is 0 Å². The molecule has 2 aromatic carbocycles. The Morgan fingerprint density at radius 2 is 1.17 bits per heavy atom. The van der Waals surface area contributed by atoms with Gasteiger partial charge >= 0.3 is 0 Å². The molecule has 0 unspecified atom stereocenters. The molecule has 0 saturated carbocycles. The highest BCUT2D eigenvalue weighted by molar-refractivity contribution is 6.46. The van der Waals surface area contributed by atoms with Gasteiger partial charge < -0.3 is 4.90 Å². The molecule has 116 valence electrons. The smallest absolute Gasteiger partial charge is 0.194 e. The quantitative estimate of drug-likeness (QED) is 0.827. The van der Waals surface area contributed by atoms with Crippen molar-refractivity contribution in [2.24, 2.45) is 0 Å². The lowest BCUT2D eigenvalue weighted by atomic mass is 9.96. The molecule has 1 aliphatic carbocycles. The molecule has 0 N–H and O–H groups in total. The van der Waals surface area contributed by atoms with E-state index in [2.05, 4.69) is 17.0 Å². The molecule has 2 aromatic rings. The lowest BCUT2D eigenvalue weighted by molar-refractivity contribution is -0.108. The number of hydrogen-bond donors (Lipinski definition) is 0. The number of rotatable bonds is 3. The highest BCUT2D eigenvalue weighted by Gasteiger charge is 2.29. The Kier molecular flexibility index (Phi) is 3.91. The molecule has 23 heavy (non-hydrogen) atoms. The van der Waals surface area contributed by atoms with Gasteiger partial charge in [-0.05, 0) is 48.3 Å². The van der Waals surface area contributed by atoms with Crippen LogP contribution in [0.5, 0.6) is 0 Å². The number of benzene rings is 2. The third-order valence-electron chi connectivity index (χ3n) is 4.50. The van der Waals surface area contributed by atoms with Gasteiger partial charge in [0.15, 0.2) is 5.78 Å². The number of carbonyl (C=O) groups excluding carboxylic acids is 1. The zero-order chi connectivity index (χ0) is 16.6. The van der Waals surface area contributed by atoms with Crippen molar-refractivity contribution in [1.29, 1.82) is 0 Å². The average molecular weight is 303 g/mol. The monoisotopic (exact) mass is 303 g/mol. The van der Waals surface area contributed by atoms with Crippen molar-refractivity contribution in [3.63, 3.8) is 0 Å². The summed E-state index contributed by atoms with van der Waals surface area (Å²) in [4.78, 5) is 15.1. The number of nitrogens with zero attached hydrogens (tertiary/aromatic N) is 1. The Morgan fingerprint density at radius 1 is 0.696 bits per heavy atom. The van der Waals surface area contributed by atoms with Gasteiger partial charge in [0.05, 0.1) is 0 Å². The largest absolute Gasteiger partial charge is 0.378 e. The Labute approximate surface area is 137 Å². The molecule has 0 bridgehead atoms. The van der Waals surface area contributed by atoms with Crippen LogP contribution in [-0.2, 0) is 4.79 Å². The molecular weight excluding hydrogens is 282 g/mol. The second kappa shape index (κ2) is 5.88. The molecule has 2 heteroatoms. The van der Waals surface area contributed by atoms with Gasteiger partial charge in [0.25, 0.3) is 0 Å². The Morgan fingerprint density at radius 3 is 1.65 bits per heavy atom. The molecule has 0 aromatic heterocycles. The van der Waals surface area contributed by atoms with E-state index in [1.807, 2.05) is 70.4 Å². The van der Waals surface area contributed by atoms with Crippen LogP contribution in [0.1, 0.15) is 25.0 Å². The van der Waals surface area contributed by atoms with E-state index in [9.17, 15) is 4.79 Å². The summed E-state index contributed by atoms with van der Waals surface area (Å²) in [6.07, 6.45) is 0. The van der Waals surface area contributed by atoms with Crippen molar-refractivity contribution >= 4 is 22.6 Å². The molecule has 0 aliphatic heterocycles. The van der Waals surface area contributed by atoms with Crippen molar-refractivity contribution in [2.45, 2.75) is 13.8 Å². The number of Topliss-reactive ketones (excluding diaryl/α,β-unsaturated/α-hetero) is 1. The standard InChI is InChI=1S/C21H21NO/c1-14-15(2)20(17-10-12-18(13-11-17)22(3)4)21(23)19(14)16-8-6-5-7-9-16/h5-13H,1-4H3. The first-order valence-corrected chi connectivity index (χ1v) is 7.80. The minimum absolute atomic E-state index is 0.129. The summed E-state index contributed by atoms with van der Waals surface area (Å²) >= 11 is 0. The minimum Gasteiger partial charge on any atom is -0.378 e. The molecule has 0 saturated heterocycles. The third kappa shape index (κ3) is 2.61. The van der Waals surface area contributed by atoms with Crippen molar-refractivity contribution in [3.8, 4) is 0 Å². The van der Waals surface area contributed by atoms with Crippen LogP contribution in [-0.4, -0.2) is 19.9 Å². The second-order valence-corrected chi connectivity index (χ2v) is 6.14. The van der Waals surface area contributed by atoms with Crippen LogP contribution in [0, 0.1) is 0 Å². The van der Waals surface area contributed by atoms with Crippen molar-refractivity contribution < 1.29 is 4.79 Å². The maximum Gasteiger partial charge on any atom is 0.194 e. The Hall–Kier alpha value is -2.61. The topological polar surface area (TPSA) is 20.3 Å². The van der Waals surface area contributed by atoms with Crippen LogP contribution in [0.3, 0.4) is 0 Å². The summed E-state index contributed by atoms with van der Waals surface area (Å²) in [6, 6.07) is 18.1. The fourth-order valence-electron chi connectivity index (χ4n) is 3.07. The number of anilines is 1. The number of hydrogen-bond acceptors (Lipinski definition) is 2. The number of carbonyl (C=O) groups is 1. The average Bonchev–Trinajstić information content (AvgIpc) is 2.78. The fraction of sp³-hybridized carbons (Fsp3) is 0.190. The number of ketones is 1. The van der Waals surface area contributed by atoms with E-state index < -0.39 is 0 Å². The SMILES string of the molecule is CC1=C(c2ccccc2)C(=O)C(c2ccc(N(C)C)cc2)=C1C. The molecule has 0 heterocycles. The molecule has 1 aliphatic rings. The van der Waals surface area contributed by atoms with Gasteiger partial charge in [-0.2, -0.15) is 0 Å². The first kappa shape index (κ1) is 15.3. The Bertz CT molecular complexity index is 809. The lowest BCUT2D eigenvalue weighted by Crippen LogP contribution is -2.08. The first-order valence-electron chi connectivity index (χ1n) is 7.80. The van der Waals surface area contributed by atoms with Crippen LogP contribution in [0.4, 0.5) is 5.69 Å². The maximum absolute atomic E-state index is 13.0. The fourth-order valence-corrected chi connectivity index (χ4v) is 3.07. The molecule has 2 nitrogen and oxygen atoms in total. The molecular formula is C21H21NO. The highest BCUT2D eigenvalue weighted by Crippen LogP contribution is 2.40. The van der Waals surface area contributed by atoms with Crippen molar-refractivity contribution in [2.75, 3.05) is 19.0 Å². The summed E-state index contributed by atoms with van der Waals surface area (Å²) in [6.45, 7) is 4.08. The highest BCUT2D eigenvalue weighted by atomic mass is 16.1. The summed E-state index contributed by atoms with van der Waals surface area (Å²) in [5.74, 6) is 0.129. The summed E-state index contributed by atoms with van der Waals surface area (Å²) in [7, 11) is 4.03. The normalized spacial score (nSPS) is 14.7. The van der Waals surface area contributed by atoms with E-state index in [0.29, 0.717) is 0 Å². The zero-order valence-corrected chi connectivity index (χ0v) is 14.1. The van der Waals surface area contributed by atoms with Crippen molar-refractivity contribution in [3.05, 3.63) is 76.9 Å². The van der Waals surface area contributed by atoms with Gasteiger partial charge in [0.2, 0.25) is 0 Å². The number of allylic oxidation sites excluding steroid dienone is 4. The molecule has 0 radical (unpaired) electrons. The van der Waals surface area contributed by atoms with Gasteiger partial charge in [0, 0.05) is 30.9 Å². The van der Waals surface area contributed by atoms with Crippen LogP contribution < -0.4 is 4.90 Å². The van der Waals surface area contributed by atoms with Crippen LogP contribution in [0.15, 0.2) is 65.7 Å². The maximum atomic E-state index is 13.0. The second-order valence-electron chi connectivity index (χ2n) is 6.14. The molecule has 0 amide bonds. The van der Waals surface area contributed by atoms with Gasteiger partial charge in [-0.25, -0.2) is 0 Å². The summed E-state index contributed by atoms with van der Waals surface area (Å²) in [5, 5.41) is 0. The third-order valence-corrected chi connectivity index (χ3v) is 4.50. The van der Waals surface area contributed by atoms with Crippen LogP contribution >= 0.6 is 0 Å². The van der Waals surface area contributed by atoms with E-state index in [1.54, 1.807) is 0 Å². The predicted molar refractivity (Wildman–Crippen MR) is 97.4 cm³/mol. The first-order chi connectivity index (χ1) is 11.0. The molecule has 0 atom stereocenters. The van der Waals surface area contributed by atoms with Gasteiger partial charge in [-0.3, -0.25) is 4.79 Å². The summed E-state index contributed by atoms with van der Waals surface area (Å²) in [5.41, 5.74) is 6.92. The van der Waals surface area contributed by atoms with Gasteiger partial charge in [0.1, 0.15) is 0 Å². The molecule has 0 fully saturated rings. The molecule has 0 spiro atoms. The van der Waals surface area contributed by atoms with Gasteiger partial charge in [-0.15, -0.1) is 0 Å². The van der Waals surface area contributed by atoms with Gasteiger partial charge in [-0.1, -0.05) is 42.5 Å². The van der Waals surface area contributed by atoms with E-state index >= 15 is 0 Å². The Balaban J connectivity index is 2.02. The van der Waals surface area contributed by atoms with E-state index in [0.717, 1.165) is 39.1 Å². The van der Waals surface area contributed by atoms with E-state index in [1.165, 1.54) is 0 Å². The van der Waals surface area contributed by atoms with Crippen LogP contribution in [0.2, 0.25) is 0 Å². The lowest BCUT2D eigenvalue weighted by Gasteiger charge is -2.13. The van der Waals surface area contributed by atoms with E-state index in [4.69, 9.17) is 0 Å². The minimum atomic E-state index is 0.129. The molecule has 3 rings (SSSR count). The zero-order valence-electron chi connectivity index (χ0n) is 14.1. The predicted octanol–water partition coefficient (Wildman–Crippen LogP) is 4.58. The van der Waals surface area contributed by atoms with Crippen LogP contribution in [0.25, 0.3) is 11.1 Å². The summed E-state index contributed by atoms with van der Waals surface area (Å²) < 4.78 is 0.